The van der Waals surface area contributed by atoms with Crippen molar-refractivity contribution in [2.45, 2.75) is 12.8 Å². The summed E-state index contributed by atoms with van der Waals surface area (Å²) in [5.41, 5.74) is 8.98. The van der Waals surface area contributed by atoms with Crippen molar-refractivity contribution in [3.05, 3.63) is 23.8 Å². The number of rotatable bonds is 3. The number of anilines is 2. The quantitative estimate of drug-likeness (QED) is 0.819. The fourth-order valence-electron chi connectivity index (χ4n) is 2.27. The molecule has 1 aliphatic rings. The van der Waals surface area contributed by atoms with Gasteiger partial charge >= 0.3 is 0 Å². The van der Waals surface area contributed by atoms with Crippen molar-refractivity contribution in [1.82, 2.24) is 0 Å². The molecule has 17 heavy (non-hydrogen) atoms. The van der Waals surface area contributed by atoms with Gasteiger partial charge in [0.15, 0.2) is 0 Å². The number of nitrogens with zero attached hydrogens (tertiary/aromatic N) is 1. The first kappa shape index (κ1) is 12.2. The summed E-state index contributed by atoms with van der Waals surface area (Å²) < 4.78 is 22.4. The van der Waals surface area contributed by atoms with Gasteiger partial charge in [0.05, 0.1) is 17.1 Å². The third-order valence-corrected chi connectivity index (χ3v) is 4.00. The number of nitrogen functional groups attached to an aromatic ring is 1. The Bertz CT molecular complexity index is 511. The Morgan fingerprint density at radius 2 is 2.18 bits per heavy atom. The molecule has 0 radical (unpaired) electrons. The van der Waals surface area contributed by atoms with Crippen molar-refractivity contribution in [1.29, 1.82) is 0 Å². The van der Waals surface area contributed by atoms with E-state index in [1.807, 2.05) is 12.1 Å². The summed E-state index contributed by atoms with van der Waals surface area (Å²) in [6, 6.07) is 5.89. The summed E-state index contributed by atoms with van der Waals surface area (Å²) >= 11 is 0. The number of aryl methyl sites for hydroxylation is 1. The Kier molecular flexibility index (Phi) is 3.28. The third kappa shape index (κ3) is 2.91. The molecule has 4 nitrogen and oxygen atoms in total. The fourth-order valence-corrected chi connectivity index (χ4v) is 2.82. The van der Waals surface area contributed by atoms with E-state index in [4.69, 9.17) is 5.73 Å². The number of benzene rings is 1. The van der Waals surface area contributed by atoms with E-state index in [-0.39, 0.29) is 5.75 Å². The molecule has 5 heteroatoms. The Morgan fingerprint density at radius 1 is 1.41 bits per heavy atom. The molecule has 0 aromatic heterocycles. The molecule has 1 aromatic rings. The van der Waals surface area contributed by atoms with Crippen molar-refractivity contribution in [2.24, 2.45) is 0 Å². The van der Waals surface area contributed by atoms with Crippen molar-refractivity contribution in [2.75, 3.05) is 35.7 Å². The van der Waals surface area contributed by atoms with E-state index in [0.29, 0.717) is 6.54 Å². The minimum atomic E-state index is -2.92. The smallest absolute Gasteiger partial charge is 0.149 e. The maximum absolute atomic E-state index is 11.2. The van der Waals surface area contributed by atoms with E-state index in [9.17, 15) is 8.42 Å². The van der Waals surface area contributed by atoms with Crippen LogP contribution < -0.4 is 10.6 Å². The van der Waals surface area contributed by atoms with Gasteiger partial charge in [0.25, 0.3) is 0 Å². The molecule has 1 heterocycles. The molecule has 0 unspecified atom stereocenters. The lowest BCUT2D eigenvalue weighted by Crippen LogP contribution is -2.34. The normalized spacial score (nSPS) is 15.7. The summed E-state index contributed by atoms with van der Waals surface area (Å²) in [5.74, 6) is 0.181. The van der Waals surface area contributed by atoms with E-state index < -0.39 is 9.84 Å². The highest BCUT2D eigenvalue weighted by molar-refractivity contribution is 7.90. The van der Waals surface area contributed by atoms with Crippen LogP contribution in [0.15, 0.2) is 18.2 Å². The molecular formula is C12H18N2O2S. The molecule has 1 aliphatic heterocycles. The van der Waals surface area contributed by atoms with Gasteiger partial charge in [-0.2, -0.15) is 0 Å². The van der Waals surface area contributed by atoms with Gasteiger partial charge in [0, 0.05) is 19.3 Å². The first-order valence-corrected chi connectivity index (χ1v) is 7.83. The SMILES string of the molecule is CS(=O)(=O)CCN1CCCc2cccc(N)c21. The maximum Gasteiger partial charge on any atom is 0.149 e. The van der Waals surface area contributed by atoms with Crippen LogP contribution in [0.3, 0.4) is 0 Å². The lowest BCUT2D eigenvalue weighted by atomic mass is 10.0. The Morgan fingerprint density at radius 3 is 2.88 bits per heavy atom. The van der Waals surface area contributed by atoms with Crippen LogP contribution in [0.2, 0.25) is 0 Å². The number of hydrogen-bond acceptors (Lipinski definition) is 4. The summed E-state index contributed by atoms with van der Waals surface area (Å²) in [6.45, 7) is 1.41. The van der Waals surface area contributed by atoms with Crippen LogP contribution in [0.1, 0.15) is 12.0 Å². The van der Waals surface area contributed by atoms with E-state index in [1.165, 1.54) is 11.8 Å². The monoisotopic (exact) mass is 254 g/mol. The van der Waals surface area contributed by atoms with Crippen LogP contribution in [-0.2, 0) is 16.3 Å². The largest absolute Gasteiger partial charge is 0.397 e. The first-order chi connectivity index (χ1) is 7.97. The lowest BCUT2D eigenvalue weighted by Gasteiger charge is -2.32. The van der Waals surface area contributed by atoms with Gasteiger partial charge in [-0.25, -0.2) is 8.42 Å². The average molecular weight is 254 g/mol. The van der Waals surface area contributed by atoms with Crippen molar-refractivity contribution < 1.29 is 8.42 Å². The van der Waals surface area contributed by atoms with Crippen LogP contribution in [0.5, 0.6) is 0 Å². The number of hydrogen-bond donors (Lipinski definition) is 1. The van der Waals surface area contributed by atoms with Crippen LogP contribution in [0.4, 0.5) is 11.4 Å². The second-order valence-corrected chi connectivity index (χ2v) is 6.84. The molecule has 2 N–H and O–H groups in total. The highest BCUT2D eigenvalue weighted by Gasteiger charge is 2.19. The number of sulfone groups is 1. The lowest BCUT2D eigenvalue weighted by molar-refractivity contribution is 0.598. The van der Waals surface area contributed by atoms with E-state index >= 15 is 0 Å². The van der Waals surface area contributed by atoms with Crippen LogP contribution >= 0.6 is 0 Å². The fraction of sp³-hybridized carbons (Fsp3) is 0.500. The molecule has 0 aliphatic carbocycles. The summed E-state index contributed by atoms with van der Waals surface area (Å²) in [7, 11) is -2.92. The molecule has 94 valence electrons. The molecule has 0 amide bonds. The molecular weight excluding hydrogens is 236 g/mol. The van der Waals surface area contributed by atoms with Gasteiger partial charge < -0.3 is 10.6 Å². The van der Waals surface area contributed by atoms with Gasteiger partial charge in [-0.05, 0) is 24.5 Å². The summed E-state index contributed by atoms with van der Waals surface area (Å²) in [5, 5.41) is 0. The van der Waals surface area contributed by atoms with E-state index in [2.05, 4.69) is 11.0 Å². The van der Waals surface area contributed by atoms with Crippen molar-refractivity contribution >= 4 is 21.2 Å². The standard InChI is InChI=1S/C12H18N2O2S/c1-17(15,16)9-8-14-7-3-5-10-4-2-6-11(13)12(10)14/h2,4,6H,3,5,7-9,13H2,1H3. The van der Waals surface area contributed by atoms with Gasteiger partial charge in [0.1, 0.15) is 9.84 Å². The zero-order valence-electron chi connectivity index (χ0n) is 10.0. The Labute approximate surface area is 102 Å². The number of fused-ring (bicyclic) bond motifs is 1. The van der Waals surface area contributed by atoms with E-state index in [0.717, 1.165) is 30.8 Å². The predicted octanol–water partition coefficient (Wildman–Crippen LogP) is 1.07. The van der Waals surface area contributed by atoms with Crippen molar-refractivity contribution in [3.8, 4) is 0 Å². The molecule has 0 fully saturated rings. The number of nitrogens with two attached hydrogens (primary N) is 1. The van der Waals surface area contributed by atoms with Gasteiger partial charge in [0.2, 0.25) is 0 Å². The molecule has 2 rings (SSSR count). The van der Waals surface area contributed by atoms with Gasteiger partial charge in [-0.1, -0.05) is 12.1 Å². The zero-order valence-corrected chi connectivity index (χ0v) is 10.8. The highest BCUT2D eigenvalue weighted by Crippen LogP contribution is 2.32. The summed E-state index contributed by atoms with van der Waals surface area (Å²) in [4.78, 5) is 2.09. The topological polar surface area (TPSA) is 63.4 Å². The highest BCUT2D eigenvalue weighted by atomic mass is 32.2. The maximum atomic E-state index is 11.2. The average Bonchev–Trinajstić information content (AvgIpc) is 2.25. The zero-order chi connectivity index (χ0) is 12.5. The van der Waals surface area contributed by atoms with Crippen LogP contribution in [-0.4, -0.2) is 33.5 Å². The van der Waals surface area contributed by atoms with Crippen LogP contribution in [0, 0.1) is 0 Å². The van der Waals surface area contributed by atoms with Gasteiger partial charge in [-0.15, -0.1) is 0 Å². The molecule has 0 spiro atoms. The molecule has 1 aromatic carbocycles. The molecule has 0 bridgehead atoms. The summed E-state index contributed by atoms with van der Waals surface area (Å²) in [6.07, 6.45) is 3.35. The number of para-hydroxylation sites is 1. The van der Waals surface area contributed by atoms with Crippen molar-refractivity contribution in [3.63, 3.8) is 0 Å². The molecule has 0 saturated carbocycles. The van der Waals surface area contributed by atoms with Gasteiger partial charge in [-0.3, -0.25) is 0 Å². The van der Waals surface area contributed by atoms with E-state index in [1.54, 1.807) is 0 Å². The Hall–Kier alpha value is -1.23. The molecule has 0 atom stereocenters. The third-order valence-electron chi connectivity index (χ3n) is 3.07. The first-order valence-electron chi connectivity index (χ1n) is 5.77. The second-order valence-electron chi connectivity index (χ2n) is 4.58. The Balaban J connectivity index is 2.22. The molecule has 0 saturated heterocycles. The predicted molar refractivity (Wildman–Crippen MR) is 71.1 cm³/mol. The second kappa shape index (κ2) is 4.56. The minimum Gasteiger partial charge on any atom is -0.397 e. The van der Waals surface area contributed by atoms with Crippen LogP contribution in [0.25, 0.3) is 0 Å². The minimum absolute atomic E-state index is 0.181.